The fourth-order valence-electron chi connectivity index (χ4n) is 4.00. The summed E-state index contributed by atoms with van der Waals surface area (Å²) in [6.45, 7) is 4.44. The van der Waals surface area contributed by atoms with Crippen LogP contribution >= 0.6 is 0 Å². The highest BCUT2D eigenvalue weighted by Crippen LogP contribution is 2.30. The van der Waals surface area contributed by atoms with Gasteiger partial charge in [0.15, 0.2) is 0 Å². The predicted molar refractivity (Wildman–Crippen MR) is 144 cm³/mol. The van der Waals surface area contributed by atoms with Crippen LogP contribution in [0.4, 0.5) is 5.69 Å². The van der Waals surface area contributed by atoms with Gasteiger partial charge in [0.25, 0.3) is 15.9 Å². The Morgan fingerprint density at radius 3 is 1.83 bits per heavy atom. The van der Waals surface area contributed by atoms with Gasteiger partial charge in [-0.2, -0.15) is 0 Å². The summed E-state index contributed by atoms with van der Waals surface area (Å²) in [5, 5.41) is 0. The molecule has 0 aliphatic rings. The van der Waals surface area contributed by atoms with E-state index >= 15 is 0 Å². The lowest BCUT2D eigenvalue weighted by molar-refractivity contribution is 0.0786. The molecule has 1 amide bonds. The Morgan fingerprint density at radius 1 is 0.667 bits per heavy atom. The zero-order valence-electron chi connectivity index (χ0n) is 20.8. The number of para-hydroxylation sites is 1. The molecule has 4 aromatic rings. The van der Waals surface area contributed by atoms with Crippen LogP contribution in [0.3, 0.4) is 0 Å². The lowest BCUT2D eigenvalue weighted by Crippen LogP contribution is -2.34. The molecule has 5 nitrogen and oxygen atoms in total. The molecule has 36 heavy (non-hydrogen) atoms. The number of sulfonamides is 1. The molecule has 0 unspecified atom stereocenters. The number of rotatable bonds is 8. The topological polar surface area (TPSA) is 57.7 Å². The van der Waals surface area contributed by atoms with E-state index in [9.17, 15) is 13.2 Å². The Kier molecular flexibility index (Phi) is 7.55. The molecular weight excluding hydrogens is 468 g/mol. The predicted octanol–water partition coefficient (Wildman–Crippen LogP) is 5.97. The first-order valence-electron chi connectivity index (χ1n) is 11.8. The van der Waals surface area contributed by atoms with Crippen molar-refractivity contribution in [1.82, 2.24) is 4.90 Å². The number of benzene rings is 4. The minimum Gasteiger partial charge on any atom is -0.337 e. The molecule has 6 heteroatoms. The van der Waals surface area contributed by atoms with Crippen LogP contribution in [0.25, 0.3) is 0 Å². The molecule has 0 aliphatic heterocycles. The normalized spacial score (nSPS) is 11.2. The number of hydrogen-bond acceptors (Lipinski definition) is 3. The lowest BCUT2D eigenvalue weighted by atomic mass is 10.1. The molecule has 0 fully saturated rings. The standard InChI is InChI=1S/C30H30N2O3S/c1-23-13-17-26(18-14-23)21-31(3)30(33)28-11-7-8-12-29(28)32(22-25-9-5-4-6-10-25)36(34,35)27-19-15-24(2)16-20-27/h4-20H,21-22H2,1-3H3. The van der Waals surface area contributed by atoms with Gasteiger partial charge in [0.1, 0.15) is 0 Å². The highest BCUT2D eigenvalue weighted by atomic mass is 32.2. The molecule has 0 aromatic heterocycles. The number of nitrogens with zero attached hydrogens (tertiary/aromatic N) is 2. The van der Waals surface area contributed by atoms with E-state index in [1.807, 2.05) is 68.4 Å². The third-order valence-electron chi connectivity index (χ3n) is 6.07. The van der Waals surface area contributed by atoms with Gasteiger partial charge in [-0.05, 0) is 49.2 Å². The molecule has 0 radical (unpaired) electrons. The van der Waals surface area contributed by atoms with Crippen LogP contribution in [0.15, 0.2) is 108 Å². The maximum absolute atomic E-state index is 13.9. The van der Waals surface area contributed by atoms with Crippen LogP contribution in [0.2, 0.25) is 0 Å². The molecule has 0 heterocycles. The van der Waals surface area contributed by atoms with Gasteiger partial charge in [-0.25, -0.2) is 8.42 Å². The number of carbonyl (C=O) groups is 1. The van der Waals surface area contributed by atoms with Crippen LogP contribution in [0.5, 0.6) is 0 Å². The van der Waals surface area contributed by atoms with Crippen molar-refractivity contribution in [1.29, 1.82) is 0 Å². The Morgan fingerprint density at radius 2 is 1.19 bits per heavy atom. The average molecular weight is 499 g/mol. The summed E-state index contributed by atoms with van der Waals surface area (Å²) in [5.41, 5.74) is 4.63. The number of carbonyl (C=O) groups excluding carboxylic acids is 1. The second kappa shape index (κ2) is 10.8. The molecule has 184 valence electrons. The number of anilines is 1. The minimum atomic E-state index is -3.95. The van der Waals surface area contributed by atoms with Crippen molar-refractivity contribution < 1.29 is 13.2 Å². The summed E-state index contributed by atoms with van der Waals surface area (Å²) in [4.78, 5) is 15.4. The molecule has 0 aliphatic carbocycles. The molecule has 0 N–H and O–H groups in total. The van der Waals surface area contributed by atoms with Crippen LogP contribution in [-0.2, 0) is 23.1 Å². The van der Waals surface area contributed by atoms with Gasteiger partial charge in [-0.3, -0.25) is 9.10 Å². The van der Waals surface area contributed by atoms with Gasteiger partial charge >= 0.3 is 0 Å². The van der Waals surface area contributed by atoms with Gasteiger partial charge in [0.05, 0.1) is 22.7 Å². The molecule has 0 atom stereocenters. The largest absolute Gasteiger partial charge is 0.337 e. The van der Waals surface area contributed by atoms with E-state index in [1.165, 1.54) is 4.31 Å². The maximum Gasteiger partial charge on any atom is 0.264 e. The maximum atomic E-state index is 13.9. The van der Waals surface area contributed by atoms with Crippen molar-refractivity contribution >= 4 is 21.6 Å². The van der Waals surface area contributed by atoms with Gasteiger partial charge in [0.2, 0.25) is 0 Å². The lowest BCUT2D eigenvalue weighted by Gasteiger charge is -2.28. The third kappa shape index (κ3) is 5.66. The first-order chi connectivity index (χ1) is 17.3. The van der Waals surface area contributed by atoms with Crippen LogP contribution in [-0.4, -0.2) is 26.3 Å². The van der Waals surface area contributed by atoms with Gasteiger partial charge in [-0.15, -0.1) is 0 Å². The van der Waals surface area contributed by atoms with E-state index in [0.717, 1.165) is 22.3 Å². The smallest absolute Gasteiger partial charge is 0.264 e. The molecule has 4 rings (SSSR count). The van der Waals surface area contributed by atoms with Crippen molar-refractivity contribution in [3.8, 4) is 0 Å². The highest BCUT2D eigenvalue weighted by Gasteiger charge is 2.29. The average Bonchev–Trinajstić information content (AvgIpc) is 2.89. The van der Waals surface area contributed by atoms with Gasteiger partial charge in [0, 0.05) is 13.6 Å². The Hall–Kier alpha value is -3.90. The summed E-state index contributed by atoms with van der Waals surface area (Å²) in [6.07, 6.45) is 0. The highest BCUT2D eigenvalue weighted by molar-refractivity contribution is 7.92. The van der Waals surface area contributed by atoms with Crippen molar-refractivity contribution in [2.45, 2.75) is 31.8 Å². The molecule has 4 aromatic carbocycles. The molecule has 0 saturated heterocycles. The zero-order valence-corrected chi connectivity index (χ0v) is 21.6. The number of aryl methyl sites for hydroxylation is 2. The van der Waals surface area contributed by atoms with E-state index in [4.69, 9.17) is 0 Å². The van der Waals surface area contributed by atoms with Crippen molar-refractivity contribution in [2.75, 3.05) is 11.4 Å². The van der Waals surface area contributed by atoms with Crippen LogP contribution in [0, 0.1) is 13.8 Å². The second-order valence-electron chi connectivity index (χ2n) is 8.97. The SMILES string of the molecule is Cc1ccc(CN(C)C(=O)c2ccccc2N(Cc2ccccc2)S(=O)(=O)c2ccc(C)cc2)cc1. The Balaban J connectivity index is 1.75. The molecular formula is C30H30N2O3S. The van der Waals surface area contributed by atoms with E-state index in [2.05, 4.69) is 0 Å². The fourth-order valence-corrected chi connectivity index (χ4v) is 5.47. The van der Waals surface area contributed by atoms with E-state index in [0.29, 0.717) is 17.8 Å². The fraction of sp³-hybridized carbons (Fsp3) is 0.167. The first-order valence-corrected chi connectivity index (χ1v) is 13.2. The Bertz CT molecular complexity index is 1430. The van der Waals surface area contributed by atoms with E-state index in [1.54, 1.807) is 60.5 Å². The number of hydrogen-bond donors (Lipinski definition) is 0. The summed E-state index contributed by atoms with van der Waals surface area (Å²) >= 11 is 0. The molecule has 0 saturated carbocycles. The summed E-state index contributed by atoms with van der Waals surface area (Å²) in [7, 11) is -2.22. The Labute approximate surface area is 213 Å². The van der Waals surface area contributed by atoms with Crippen LogP contribution < -0.4 is 4.31 Å². The van der Waals surface area contributed by atoms with Crippen molar-refractivity contribution in [3.63, 3.8) is 0 Å². The van der Waals surface area contributed by atoms with E-state index in [-0.39, 0.29) is 17.3 Å². The third-order valence-corrected chi connectivity index (χ3v) is 7.84. The second-order valence-corrected chi connectivity index (χ2v) is 10.8. The summed E-state index contributed by atoms with van der Waals surface area (Å²) in [5.74, 6) is -0.247. The molecule has 0 spiro atoms. The monoisotopic (exact) mass is 498 g/mol. The van der Waals surface area contributed by atoms with Crippen molar-refractivity contribution in [3.05, 3.63) is 131 Å². The quantitative estimate of drug-likeness (QED) is 0.301. The summed E-state index contributed by atoms with van der Waals surface area (Å²) in [6, 6.07) is 31.1. The summed E-state index contributed by atoms with van der Waals surface area (Å²) < 4.78 is 29.2. The van der Waals surface area contributed by atoms with E-state index < -0.39 is 10.0 Å². The molecule has 0 bridgehead atoms. The number of amides is 1. The van der Waals surface area contributed by atoms with Crippen molar-refractivity contribution in [2.24, 2.45) is 0 Å². The van der Waals surface area contributed by atoms with Gasteiger partial charge in [-0.1, -0.05) is 90.0 Å². The first kappa shape index (κ1) is 25.2. The zero-order chi connectivity index (χ0) is 25.7. The van der Waals surface area contributed by atoms with Gasteiger partial charge < -0.3 is 4.90 Å². The minimum absolute atomic E-state index is 0.100. The van der Waals surface area contributed by atoms with Crippen LogP contribution in [0.1, 0.15) is 32.6 Å².